The minimum Gasteiger partial charge on any atom is -0.497 e. The number of rotatable bonds is 6. The van der Waals surface area contributed by atoms with Crippen molar-refractivity contribution in [2.45, 2.75) is 6.54 Å². The molecular weight excluding hydrogens is 434 g/mol. The third-order valence-corrected chi connectivity index (χ3v) is 4.86. The molecule has 0 saturated carbocycles. The van der Waals surface area contributed by atoms with E-state index in [1.54, 1.807) is 61.7 Å². The first-order chi connectivity index (χ1) is 15.4. The number of hydrogen-bond donors (Lipinski definition) is 2. The number of methoxy groups -OCH3 is 1. The summed E-state index contributed by atoms with van der Waals surface area (Å²) in [6, 6.07) is 16.6. The highest BCUT2D eigenvalue weighted by Crippen LogP contribution is 2.16. The van der Waals surface area contributed by atoms with E-state index in [2.05, 4.69) is 15.7 Å². The maximum absolute atomic E-state index is 12.7. The number of amides is 2. The molecule has 0 fully saturated rings. The Morgan fingerprint density at radius 2 is 1.62 bits per heavy atom. The Bertz CT molecular complexity index is 1340. The Hall–Kier alpha value is -4.11. The van der Waals surface area contributed by atoms with E-state index in [4.69, 9.17) is 16.3 Å². The van der Waals surface area contributed by atoms with Crippen LogP contribution in [-0.2, 0) is 11.3 Å². The molecule has 32 heavy (non-hydrogen) atoms. The molecular formula is C22H18ClN5O4. The molecule has 0 spiro atoms. The summed E-state index contributed by atoms with van der Waals surface area (Å²) in [6.07, 6.45) is 1.39. The average Bonchev–Trinajstić information content (AvgIpc) is 3.10. The van der Waals surface area contributed by atoms with Gasteiger partial charge in [0.25, 0.3) is 5.91 Å². The van der Waals surface area contributed by atoms with Crippen LogP contribution in [0.4, 0.5) is 11.4 Å². The molecule has 0 bridgehead atoms. The van der Waals surface area contributed by atoms with Crippen LogP contribution < -0.4 is 21.1 Å². The summed E-state index contributed by atoms with van der Waals surface area (Å²) in [5.41, 5.74) is 1.17. The number of hydrogen-bond acceptors (Lipinski definition) is 5. The minimum atomic E-state index is -0.537. The maximum Gasteiger partial charge on any atom is 0.350 e. The zero-order valence-electron chi connectivity index (χ0n) is 16.9. The normalized spacial score (nSPS) is 10.7. The average molecular weight is 452 g/mol. The quantitative estimate of drug-likeness (QED) is 0.468. The fourth-order valence-corrected chi connectivity index (χ4v) is 3.13. The number of carbonyl (C=O) groups excluding carboxylic acids is 2. The van der Waals surface area contributed by atoms with E-state index in [0.29, 0.717) is 27.8 Å². The van der Waals surface area contributed by atoms with Gasteiger partial charge < -0.3 is 15.4 Å². The number of halogens is 1. The number of aromatic nitrogens is 3. The summed E-state index contributed by atoms with van der Waals surface area (Å²) in [5.74, 6) is -0.143. The molecule has 0 aliphatic carbocycles. The van der Waals surface area contributed by atoms with Crippen LogP contribution in [-0.4, -0.2) is 33.1 Å². The first-order valence-corrected chi connectivity index (χ1v) is 9.91. The molecule has 4 rings (SSSR count). The number of anilines is 2. The Morgan fingerprint density at radius 1 is 0.969 bits per heavy atom. The van der Waals surface area contributed by atoms with Crippen LogP contribution in [0.25, 0.3) is 5.65 Å². The van der Waals surface area contributed by atoms with E-state index in [0.717, 1.165) is 4.68 Å². The van der Waals surface area contributed by atoms with Crippen molar-refractivity contribution in [2.24, 2.45) is 0 Å². The van der Waals surface area contributed by atoms with Crippen LogP contribution in [0.2, 0.25) is 5.02 Å². The van der Waals surface area contributed by atoms with Crippen molar-refractivity contribution in [1.82, 2.24) is 14.2 Å². The lowest BCUT2D eigenvalue weighted by atomic mass is 10.2. The highest BCUT2D eigenvalue weighted by atomic mass is 35.5. The summed E-state index contributed by atoms with van der Waals surface area (Å²) in [5, 5.41) is 10.1. The van der Waals surface area contributed by atoms with Gasteiger partial charge in [-0.2, -0.15) is 0 Å². The largest absolute Gasteiger partial charge is 0.497 e. The summed E-state index contributed by atoms with van der Waals surface area (Å²) in [7, 11) is 1.56. The summed E-state index contributed by atoms with van der Waals surface area (Å²) in [4.78, 5) is 37.6. The Balaban J connectivity index is 1.50. The van der Waals surface area contributed by atoms with Crippen molar-refractivity contribution in [3.63, 3.8) is 0 Å². The second-order valence-corrected chi connectivity index (χ2v) is 7.26. The molecule has 0 saturated heterocycles. The van der Waals surface area contributed by atoms with Crippen LogP contribution in [0.15, 0.2) is 71.7 Å². The number of nitrogens with one attached hydrogen (secondary N) is 2. The molecule has 0 unspecified atom stereocenters. The second-order valence-electron chi connectivity index (χ2n) is 6.82. The molecule has 2 N–H and O–H groups in total. The van der Waals surface area contributed by atoms with Crippen LogP contribution in [0.5, 0.6) is 5.75 Å². The number of nitrogens with zero attached hydrogens (tertiary/aromatic N) is 3. The predicted molar refractivity (Wildman–Crippen MR) is 120 cm³/mol. The SMILES string of the molecule is COc1ccc(NC(=O)c2ccc3nn(CC(=O)Nc4ccc(Cl)cc4)c(=O)n3c2)cc1. The van der Waals surface area contributed by atoms with Gasteiger partial charge in [-0.15, -0.1) is 5.10 Å². The van der Waals surface area contributed by atoms with Gasteiger partial charge in [0.1, 0.15) is 12.3 Å². The molecule has 0 aliphatic heterocycles. The number of ether oxygens (including phenoxy) is 1. The standard InChI is InChI=1S/C22H18ClN5O4/c1-32-18-9-7-17(8-10-18)25-21(30)14-2-11-19-26-28(22(31)27(19)12-14)13-20(29)24-16-5-3-15(23)4-6-16/h2-12H,13H2,1H3,(H,24,29)(H,25,30). The highest BCUT2D eigenvalue weighted by molar-refractivity contribution is 6.30. The molecule has 0 aliphatic rings. The molecule has 10 heteroatoms. The van der Waals surface area contributed by atoms with Gasteiger partial charge in [0.15, 0.2) is 5.65 Å². The zero-order valence-corrected chi connectivity index (χ0v) is 17.7. The van der Waals surface area contributed by atoms with E-state index >= 15 is 0 Å². The molecule has 2 heterocycles. The molecule has 2 aromatic heterocycles. The number of benzene rings is 2. The van der Waals surface area contributed by atoms with Gasteiger partial charge in [0, 0.05) is 22.6 Å². The number of pyridine rings is 1. The van der Waals surface area contributed by atoms with Gasteiger partial charge in [0.05, 0.1) is 12.7 Å². The third kappa shape index (κ3) is 4.62. The van der Waals surface area contributed by atoms with Gasteiger partial charge in [-0.3, -0.25) is 9.59 Å². The second kappa shape index (κ2) is 8.94. The van der Waals surface area contributed by atoms with Crippen LogP contribution in [0.1, 0.15) is 10.4 Å². The lowest BCUT2D eigenvalue weighted by Gasteiger charge is -2.06. The van der Waals surface area contributed by atoms with Crippen molar-refractivity contribution in [2.75, 3.05) is 17.7 Å². The molecule has 162 valence electrons. The van der Waals surface area contributed by atoms with E-state index in [9.17, 15) is 14.4 Å². The van der Waals surface area contributed by atoms with Crippen molar-refractivity contribution < 1.29 is 14.3 Å². The highest BCUT2D eigenvalue weighted by Gasteiger charge is 2.14. The predicted octanol–water partition coefficient (Wildman–Crippen LogP) is 3.05. The van der Waals surface area contributed by atoms with Gasteiger partial charge in [-0.25, -0.2) is 13.9 Å². The Labute approximate surface area is 187 Å². The lowest BCUT2D eigenvalue weighted by molar-refractivity contribution is -0.117. The lowest BCUT2D eigenvalue weighted by Crippen LogP contribution is -2.28. The monoisotopic (exact) mass is 451 g/mol. The van der Waals surface area contributed by atoms with Crippen molar-refractivity contribution >= 4 is 40.4 Å². The summed E-state index contributed by atoms with van der Waals surface area (Å²) < 4.78 is 7.35. The van der Waals surface area contributed by atoms with Crippen molar-refractivity contribution in [3.8, 4) is 5.75 Å². The molecule has 9 nitrogen and oxygen atoms in total. The van der Waals surface area contributed by atoms with Crippen LogP contribution >= 0.6 is 11.6 Å². The first-order valence-electron chi connectivity index (χ1n) is 9.53. The number of fused-ring (bicyclic) bond motifs is 1. The van der Waals surface area contributed by atoms with Crippen LogP contribution in [0.3, 0.4) is 0 Å². The van der Waals surface area contributed by atoms with E-state index in [-0.39, 0.29) is 12.1 Å². The van der Waals surface area contributed by atoms with Gasteiger partial charge in [-0.1, -0.05) is 11.6 Å². The minimum absolute atomic E-state index is 0.264. The maximum atomic E-state index is 12.7. The van der Waals surface area contributed by atoms with Gasteiger partial charge in [-0.05, 0) is 60.7 Å². The molecule has 2 amide bonds. The fraction of sp³-hybridized carbons (Fsp3) is 0.0909. The zero-order chi connectivity index (χ0) is 22.7. The fourth-order valence-electron chi connectivity index (χ4n) is 3.00. The van der Waals surface area contributed by atoms with Crippen molar-refractivity contribution in [3.05, 3.63) is 87.9 Å². The Morgan fingerprint density at radius 3 is 2.31 bits per heavy atom. The van der Waals surface area contributed by atoms with Crippen LogP contribution in [0, 0.1) is 0 Å². The third-order valence-electron chi connectivity index (χ3n) is 4.61. The van der Waals surface area contributed by atoms with Gasteiger partial charge in [0.2, 0.25) is 5.91 Å². The molecule has 4 aromatic rings. The smallest absolute Gasteiger partial charge is 0.350 e. The number of carbonyl (C=O) groups is 2. The van der Waals surface area contributed by atoms with E-state index < -0.39 is 17.5 Å². The summed E-state index contributed by atoms with van der Waals surface area (Å²) in [6.45, 7) is -0.281. The van der Waals surface area contributed by atoms with Gasteiger partial charge >= 0.3 is 5.69 Å². The molecule has 0 radical (unpaired) electrons. The topological polar surface area (TPSA) is 107 Å². The molecule has 2 aromatic carbocycles. The molecule has 0 atom stereocenters. The van der Waals surface area contributed by atoms with E-state index in [1.807, 2.05) is 0 Å². The summed E-state index contributed by atoms with van der Waals surface area (Å²) >= 11 is 5.83. The van der Waals surface area contributed by atoms with Crippen molar-refractivity contribution in [1.29, 1.82) is 0 Å². The Kier molecular flexibility index (Phi) is 5.91. The van der Waals surface area contributed by atoms with E-state index in [1.165, 1.54) is 16.7 Å². The first kappa shape index (κ1) is 21.1.